The Morgan fingerprint density at radius 2 is 1.96 bits per heavy atom. The van der Waals surface area contributed by atoms with Crippen molar-refractivity contribution in [2.75, 3.05) is 19.6 Å². The molecule has 3 N–H and O–H groups in total. The van der Waals surface area contributed by atoms with Crippen molar-refractivity contribution in [2.24, 2.45) is 5.41 Å². The van der Waals surface area contributed by atoms with Gasteiger partial charge in [-0.2, -0.15) is 0 Å². The normalized spacial score (nSPS) is 19.7. The lowest BCUT2D eigenvalue weighted by atomic mass is 9.81. The number of nitrogens with zero attached hydrogens (tertiary/aromatic N) is 1. The standard InChI is InChI=1S/C20H28N4O2.ClH/c1-20(8-10-21-11-9-20)13-22-18(25)14-6-7-17-16(12-14)23-19(26)24(17)15-4-2-3-5-15;/h6-7,12,15,21H,2-5,8-11,13H2,1H3,(H,22,25)(H,23,26);1H. The maximum atomic E-state index is 12.6. The van der Waals surface area contributed by atoms with E-state index in [2.05, 4.69) is 22.5 Å². The number of fused-ring (bicyclic) bond motifs is 1. The number of hydrogen-bond acceptors (Lipinski definition) is 3. The molecule has 0 unspecified atom stereocenters. The third kappa shape index (κ3) is 4.06. The van der Waals surface area contributed by atoms with Crippen molar-refractivity contribution in [1.82, 2.24) is 20.2 Å². The maximum absolute atomic E-state index is 12.6. The zero-order valence-electron chi connectivity index (χ0n) is 15.8. The fourth-order valence-electron chi connectivity index (χ4n) is 4.40. The molecule has 1 saturated heterocycles. The third-order valence-corrected chi connectivity index (χ3v) is 6.15. The topological polar surface area (TPSA) is 78.9 Å². The summed E-state index contributed by atoms with van der Waals surface area (Å²) in [6.07, 6.45) is 6.62. The molecule has 2 heterocycles. The highest BCUT2D eigenvalue weighted by atomic mass is 35.5. The largest absolute Gasteiger partial charge is 0.351 e. The van der Waals surface area contributed by atoms with Crippen LogP contribution in [-0.4, -0.2) is 35.1 Å². The van der Waals surface area contributed by atoms with Crippen LogP contribution in [0.4, 0.5) is 0 Å². The maximum Gasteiger partial charge on any atom is 0.326 e. The molecule has 1 aromatic carbocycles. The summed E-state index contributed by atoms with van der Waals surface area (Å²) in [4.78, 5) is 27.9. The van der Waals surface area contributed by atoms with Gasteiger partial charge in [-0.1, -0.05) is 19.8 Å². The van der Waals surface area contributed by atoms with E-state index in [9.17, 15) is 9.59 Å². The SMILES string of the molecule is CC1(CNC(=O)c2ccc3c(c2)[nH]c(=O)n3C2CCCC2)CCNCC1.Cl. The molecule has 1 saturated carbocycles. The molecule has 2 aromatic rings. The van der Waals surface area contributed by atoms with Crippen LogP contribution >= 0.6 is 12.4 Å². The Kier molecular flexibility index (Phi) is 5.96. The van der Waals surface area contributed by atoms with E-state index in [0.29, 0.717) is 12.1 Å². The Morgan fingerprint density at radius 1 is 1.26 bits per heavy atom. The van der Waals surface area contributed by atoms with Gasteiger partial charge in [0.25, 0.3) is 5.91 Å². The summed E-state index contributed by atoms with van der Waals surface area (Å²) in [6, 6.07) is 5.84. The second-order valence-corrected chi connectivity index (χ2v) is 8.21. The van der Waals surface area contributed by atoms with Gasteiger partial charge in [0.2, 0.25) is 0 Å². The van der Waals surface area contributed by atoms with Crippen LogP contribution in [0.15, 0.2) is 23.0 Å². The molecular formula is C20H29ClN4O2. The molecule has 1 aromatic heterocycles. The summed E-state index contributed by atoms with van der Waals surface area (Å²) < 4.78 is 1.88. The lowest BCUT2D eigenvalue weighted by Gasteiger charge is -2.34. The summed E-state index contributed by atoms with van der Waals surface area (Å²) in [7, 11) is 0. The average Bonchev–Trinajstić information content (AvgIpc) is 3.26. The molecule has 1 aliphatic heterocycles. The summed E-state index contributed by atoms with van der Waals surface area (Å²) in [6.45, 7) is 4.93. The predicted octanol–water partition coefficient (Wildman–Crippen LogP) is 2.99. The number of amides is 1. The van der Waals surface area contributed by atoms with Crippen molar-refractivity contribution in [3.8, 4) is 0 Å². The predicted molar refractivity (Wildman–Crippen MR) is 110 cm³/mol. The van der Waals surface area contributed by atoms with Gasteiger partial charge in [-0.15, -0.1) is 12.4 Å². The van der Waals surface area contributed by atoms with E-state index in [1.54, 1.807) is 0 Å². The second kappa shape index (κ2) is 8.07. The van der Waals surface area contributed by atoms with Crippen LogP contribution in [0, 0.1) is 5.41 Å². The molecule has 0 bridgehead atoms. The molecule has 7 heteroatoms. The molecule has 1 aliphatic carbocycles. The lowest BCUT2D eigenvalue weighted by Crippen LogP contribution is -2.42. The van der Waals surface area contributed by atoms with E-state index >= 15 is 0 Å². The molecule has 6 nitrogen and oxygen atoms in total. The van der Waals surface area contributed by atoms with Crippen molar-refractivity contribution < 1.29 is 4.79 Å². The molecule has 2 aliphatic rings. The van der Waals surface area contributed by atoms with Crippen LogP contribution < -0.4 is 16.3 Å². The van der Waals surface area contributed by atoms with Gasteiger partial charge in [0.15, 0.2) is 0 Å². The lowest BCUT2D eigenvalue weighted by molar-refractivity contribution is 0.0922. The Labute approximate surface area is 165 Å². The van der Waals surface area contributed by atoms with Crippen LogP contribution in [0.1, 0.15) is 61.8 Å². The number of aromatic nitrogens is 2. The molecule has 148 valence electrons. The van der Waals surface area contributed by atoms with Gasteiger partial charge >= 0.3 is 5.69 Å². The fourth-order valence-corrected chi connectivity index (χ4v) is 4.40. The van der Waals surface area contributed by atoms with Crippen molar-refractivity contribution in [2.45, 2.75) is 51.5 Å². The molecule has 0 atom stereocenters. The molecule has 2 fully saturated rings. The number of rotatable bonds is 4. The van der Waals surface area contributed by atoms with E-state index < -0.39 is 0 Å². The quantitative estimate of drug-likeness (QED) is 0.748. The van der Waals surface area contributed by atoms with Crippen LogP contribution in [0.25, 0.3) is 11.0 Å². The van der Waals surface area contributed by atoms with Crippen LogP contribution in [0.5, 0.6) is 0 Å². The number of imidazole rings is 1. The summed E-state index contributed by atoms with van der Waals surface area (Å²) in [5, 5.41) is 6.45. The number of halogens is 1. The molecule has 1 amide bonds. The number of benzene rings is 1. The highest BCUT2D eigenvalue weighted by Crippen LogP contribution is 2.31. The van der Waals surface area contributed by atoms with Crippen molar-refractivity contribution in [3.05, 3.63) is 34.2 Å². The van der Waals surface area contributed by atoms with E-state index in [1.165, 1.54) is 12.8 Å². The number of piperidine rings is 1. The number of H-pyrrole nitrogens is 1. The van der Waals surface area contributed by atoms with Crippen molar-refractivity contribution >= 4 is 29.3 Å². The Morgan fingerprint density at radius 3 is 2.67 bits per heavy atom. The summed E-state index contributed by atoms with van der Waals surface area (Å²) >= 11 is 0. The van der Waals surface area contributed by atoms with Crippen LogP contribution in [0.2, 0.25) is 0 Å². The van der Waals surface area contributed by atoms with Gasteiger partial charge in [0, 0.05) is 18.2 Å². The first-order valence-corrected chi connectivity index (χ1v) is 9.79. The Balaban J connectivity index is 0.00000210. The minimum atomic E-state index is -0.0684. The van der Waals surface area contributed by atoms with Gasteiger partial charge in [0.05, 0.1) is 11.0 Å². The summed E-state index contributed by atoms with van der Waals surface area (Å²) in [5.74, 6) is -0.0684. The molecular weight excluding hydrogens is 364 g/mol. The first-order valence-electron chi connectivity index (χ1n) is 9.79. The number of carbonyl (C=O) groups is 1. The second-order valence-electron chi connectivity index (χ2n) is 8.21. The van der Waals surface area contributed by atoms with Crippen molar-refractivity contribution in [1.29, 1.82) is 0 Å². The van der Waals surface area contributed by atoms with E-state index in [1.807, 2.05) is 22.8 Å². The number of carbonyl (C=O) groups excluding carboxylic acids is 1. The zero-order chi connectivity index (χ0) is 18.1. The minimum absolute atomic E-state index is 0. The van der Waals surface area contributed by atoms with Gasteiger partial charge in [0.1, 0.15) is 0 Å². The monoisotopic (exact) mass is 392 g/mol. The molecule has 4 rings (SSSR count). The van der Waals surface area contributed by atoms with E-state index in [-0.39, 0.29) is 35.5 Å². The average molecular weight is 393 g/mol. The van der Waals surface area contributed by atoms with Gasteiger partial charge in [-0.25, -0.2) is 4.79 Å². The van der Waals surface area contributed by atoms with Crippen LogP contribution in [0.3, 0.4) is 0 Å². The van der Waals surface area contributed by atoms with Gasteiger partial charge < -0.3 is 15.6 Å². The highest BCUT2D eigenvalue weighted by Gasteiger charge is 2.27. The fraction of sp³-hybridized carbons (Fsp3) is 0.600. The number of nitrogens with one attached hydrogen (secondary N) is 3. The summed E-state index contributed by atoms with van der Waals surface area (Å²) in [5.41, 5.74) is 2.36. The van der Waals surface area contributed by atoms with Gasteiger partial charge in [-0.3, -0.25) is 9.36 Å². The minimum Gasteiger partial charge on any atom is -0.351 e. The van der Waals surface area contributed by atoms with E-state index in [4.69, 9.17) is 0 Å². The first-order chi connectivity index (χ1) is 12.6. The Hall–Kier alpha value is -1.79. The zero-order valence-corrected chi connectivity index (χ0v) is 16.7. The van der Waals surface area contributed by atoms with Crippen LogP contribution in [-0.2, 0) is 0 Å². The number of hydrogen-bond donors (Lipinski definition) is 3. The Bertz CT molecular complexity index is 860. The van der Waals surface area contributed by atoms with Gasteiger partial charge in [-0.05, 0) is 62.4 Å². The molecule has 27 heavy (non-hydrogen) atoms. The van der Waals surface area contributed by atoms with E-state index in [0.717, 1.165) is 49.8 Å². The first kappa shape index (κ1) is 20.0. The number of aromatic amines is 1. The van der Waals surface area contributed by atoms with Crippen molar-refractivity contribution in [3.63, 3.8) is 0 Å². The third-order valence-electron chi connectivity index (χ3n) is 6.15. The smallest absolute Gasteiger partial charge is 0.326 e. The molecule has 0 radical (unpaired) electrons. The highest BCUT2D eigenvalue weighted by molar-refractivity contribution is 5.97. The molecule has 0 spiro atoms.